The third kappa shape index (κ3) is 3.78. The van der Waals surface area contributed by atoms with Gasteiger partial charge in [-0.15, -0.1) is 0 Å². The summed E-state index contributed by atoms with van der Waals surface area (Å²) in [6, 6.07) is 13.5. The van der Waals surface area contributed by atoms with Crippen LogP contribution in [0.2, 0.25) is 0 Å². The molecule has 0 radical (unpaired) electrons. The molecular formula is C18H16N6O5. The molecule has 0 bridgehead atoms. The summed E-state index contributed by atoms with van der Waals surface area (Å²) in [4.78, 5) is 35.6. The van der Waals surface area contributed by atoms with Gasteiger partial charge in [-0.2, -0.15) is 9.36 Å². The Morgan fingerprint density at radius 3 is 2.55 bits per heavy atom. The topological polar surface area (TPSA) is 143 Å². The maximum absolute atomic E-state index is 12.5. The molecule has 1 aliphatic rings. The Morgan fingerprint density at radius 2 is 1.83 bits per heavy atom. The van der Waals surface area contributed by atoms with E-state index in [0.717, 1.165) is 9.36 Å². The Bertz CT molecular complexity index is 1120. The van der Waals surface area contributed by atoms with Gasteiger partial charge in [-0.1, -0.05) is 12.1 Å². The van der Waals surface area contributed by atoms with E-state index in [0.29, 0.717) is 22.9 Å². The first-order valence-electron chi connectivity index (χ1n) is 8.62. The monoisotopic (exact) mass is 396 g/mol. The minimum absolute atomic E-state index is 0.0965. The number of para-hydroxylation sites is 2. The van der Waals surface area contributed by atoms with Crippen LogP contribution in [0.5, 0.6) is 11.5 Å². The largest absolute Gasteiger partial charge is 0.485 e. The van der Waals surface area contributed by atoms with Crippen molar-refractivity contribution in [2.24, 2.45) is 5.73 Å². The molecule has 2 aromatic carbocycles. The summed E-state index contributed by atoms with van der Waals surface area (Å²) in [7, 11) is 0. The summed E-state index contributed by atoms with van der Waals surface area (Å²) < 4.78 is 13.1. The van der Waals surface area contributed by atoms with E-state index in [2.05, 4.69) is 15.7 Å². The molecule has 0 aliphatic carbocycles. The number of primary amides is 1. The molecule has 29 heavy (non-hydrogen) atoms. The lowest BCUT2D eigenvalue weighted by Gasteiger charge is -2.25. The van der Waals surface area contributed by atoms with E-state index < -0.39 is 17.7 Å². The van der Waals surface area contributed by atoms with Crippen LogP contribution in [-0.4, -0.2) is 44.3 Å². The fourth-order valence-corrected chi connectivity index (χ4v) is 2.74. The molecule has 0 unspecified atom stereocenters. The summed E-state index contributed by atoms with van der Waals surface area (Å²) in [5.74, 6) is 0.0361. The predicted molar refractivity (Wildman–Crippen MR) is 99.8 cm³/mol. The number of hydrogen-bond donors (Lipinski definition) is 2. The van der Waals surface area contributed by atoms with E-state index >= 15 is 0 Å². The van der Waals surface area contributed by atoms with Crippen LogP contribution in [-0.2, 0) is 16.1 Å². The highest BCUT2D eigenvalue weighted by Crippen LogP contribution is 2.31. The summed E-state index contributed by atoms with van der Waals surface area (Å²) >= 11 is 0. The molecule has 0 spiro atoms. The van der Waals surface area contributed by atoms with E-state index in [4.69, 9.17) is 15.2 Å². The maximum atomic E-state index is 12.5. The van der Waals surface area contributed by atoms with Crippen molar-refractivity contribution in [1.29, 1.82) is 0 Å². The second kappa shape index (κ2) is 7.46. The van der Waals surface area contributed by atoms with Crippen LogP contribution in [0.1, 0.15) is 0 Å². The molecular weight excluding hydrogens is 380 g/mol. The predicted octanol–water partition coefficient (Wildman–Crippen LogP) is -0.307. The Balaban J connectivity index is 1.44. The van der Waals surface area contributed by atoms with E-state index in [9.17, 15) is 14.4 Å². The number of anilines is 1. The third-order valence-corrected chi connectivity index (χ3v) is 4.13. The zero-order valence-corrected chi connectivity index (χ0v) is 15.0. The number of ether oxygens (including phenoxy) is 2. The second-order valence-electron chi connectivity index (χ2n) is 6.20. The Kier molecular flexibility index (Phi) is 4.69. The molecule has 1 atom stereocenters. The van der Waals surface area contributed by atoms with Gasteiger partial charge in [0.05, 0.1) is 5.69 Å². The van der Waals surface area contributed by atoms with E-state index in [-0.39, 0.29) is 19.1 Å². The van der Waals surface area contributed by atoms with Crippen LogP contribution in [0, 0.1) is 0 Å². The first-order valence-corrected chi connectivity index (χ1v) is 8.62. The minimum Gasteiger partial charge on any atom is -0.485 e. The number of aromatic nitrogens is 4. The van der Waals surface area contributed by atoms with Crippen molar-refractivity contribution in [2.45, 2.75) is 12.6 Å². The highest BCUT2D eigenvalue weighted by molar-refractivity contribution is 5.94. The Morgan fingerprint density at radius 1 is 1.10 bits per heavy atom. The molecule has 1 aromatic heterocycles. The average Bonchev–Trinajstić information content (AvgIpc) is 3.08. The number of hydrogen-bond acceptors (Lipinski definition) is 7. The number of fused-ring (bicyclic) bond motifs is 1. The quantitative estimate of drug-likeness (QED) is 0.602. The van der Waals surface area contributed by atoms with Crippen molar-refractivity contribution >= 4 is 17.5 Å². The molecule has 11 nitrogen and oxygen atoms in total. The van der Waals surface area contributed by atoms with Gasteiger partial charge < -0.3 is 20.5 Å². The minimum atomic E-state index is -0.791. The van der Waals surface area contributed by atoms with E-state index in [1.54, 1.807) is 42.5 Å². The van der Waals surface area contributed by atoms with Crippen molar-refractivity contribution < 1.29 is 19.1 Å². The highest BCUT2D eigenvalue weighted by atomic mass is 16.6. The zero-order valence-electron chi connectivity index (χ0n) is 15.0. The average molecular weight is 396 g/mol. The molecule has 2 heterocycles. The van der Waals surface area contributed by atoms with Gasteiger partial charge in [0.2, 0.25) is 12.0 Å². The van der Waals surface area contributed by atoms with Crippen LogP contribution < -0.4 is 26.2 Å². The highest BCUT2D eigenvalue weighted by Gasteiger charge is 2.27. The molecule has 0 saturated heterocycles. The van der Waals surface area contributed by atoms with Crippen LogP contribution in [0.15, 0.2) is 53.3 Å². The molecule has 0 saturated carbocycles. The number of carbonyl (C=O) groups excluding carboxylic acids is 2. The Labute approximate surface area is 163 Å². The smallest absolute Gasteiger partial charge is 0.368 e. The summed E-state index contributed by atoms with van der Waals surface area (Å²) in [5.41, 5.74) is 5.37. The van der Waals surface area contributed by atoms with Gasteiger partial charge in [-0.25, -0.2) is 4.79 Å². The van der Waals surface area contributed by atoms with Crippen LogP contribution in [0.25, 0.3) is 5.69 Å². The maximum Gasteiger partial charge on any atom is 0.368 e. The molecule has 2 amide bonds. The number of nitrogens with zero attached hydrogens (tertiary/aromatic N) is 4. The van der Waals surface area contributed by atoms with Gasteiger partial charge in [0.25, 0.3) is 5.91 Å². The molecule has 148 valence electrons. The van der Waals surface area contributed by atoms with Gasteiger partial charge in [0.15, 0.2) is 11.5 Å². The van der Waals surface area contributed by atoms with Crippen molar-refractivity contribution in [1.82, 2.24) is 19.8 Å². The summed E-state index contributed by atoms with van der Waals surface area (Å²) in [6.45, 7) is -0.265. The van der Waals surface area contributed by atoms with Gasteiger partial charge >= 0.3 is 5.69 Å². The fraction of sp³-hybridized carbons (Fsp3) is 0.167. The van der Waals surface area contributed by atoms with Crippen LogP contribution in [0.4, 0.5) is 5.69 Å². The standard InChI is InChI=1S/C18H16N6O5/c19-16(25)9-23-18(27)24(22-21-23)12-7-5-11(6-8-12)20-17(26)15-10-28-13-3-1-2-4-14(13)29-15/h1-8,15H,9-10H2,(H2,19,25)(H,20,26)/t15-/m1/s1. The fourth-order valence-electron chi connectivity index (χ4n) is 2.74. The molecule has 0 fully saturated rings. The van der Waals surface area contributed by atoms with E-state index in [1.165, 1.54) is 0 Å². The number of amides is 2. The second-order valence-corrected chi connectivity index (χ2v) is 6.20. The van der Waals surface area contributed by atoms with E-state index in [1.807, 2.05) is 6.07 Å². The number of benzene rings is 2. The summed E-state index contributed by atoms with van der Waals surface area (Å²) in [6.07, 6.45) is -0.791. The number of rotatable bonds is 5. The molecule has 1 aliphatic heterocycles. The van der Waals surface area contributed by atoms with Crippen LogP contribution >= 0.6 is 0 Å². The lowest BCUT2D eigenvalue weighted by Crippen LogP contribution is -2.40. The number of carbonyl (C=O) groups is 2. The molecule has 4 rings (SSSR count). The molecule has 3 aromatic rings. The number of tetrazole rings is 1. The third-order valence-electron chi connectivity index (χ3n) is 4.13. The van der Waals surface area contributed by atoms with Gasteiger partial charge in [-0.3, -0.25) is 9.59 Å². The van der Waals surface area contributed by atoms with Crippen LogP contribution in [0.3, 0.4) is 0 Å². The number of nitrogens with two attached hydrogens (primary N) is 1. The molecule has 3 N–H and O–H groups in total. The van der Waals surface area contributed by atoms with Gasteiger partial charge in [-0.05, 0) is 46.8 Å². The zero-order chi connectivity index (χ0) is 20.4. The van der Waals surface area contributed by atoms with Crippen molar-refractivity contribution in [3.8, 4) is 17.2 Å². The SMILES string of the molecule is NC(=O)Cn1nnn(-c2ccc(NC(=O)[C@H]3COc4ccccc4O3)cc2)c1=O. The Hall–Kier alpha value is -4.15. The van der Waals surface area contributed by atoms with Gasteiger partial charge in [0.1, 0.15) is 13.2 Å². The van der Waals surface area contributed by atoms with Crippen molar-refractivity contribution in [3.63, 3.8) is 0 Å². The first-order chi connectivity index (χ1) is 14.0. The lowest BCUT2D eigenvalue weighted by atomic mass is 10.2. The summed E-state index contributed by atoms with van der Waals surface area (Å²) in [5, 5.41) is 10.0. The lowest BCUT2D eigenvalue weighted by molar-refractivity contribution is -0.125. The van der Waals surface area contributed by atoms with Crippen molar-refractivity contribution in [2.75, 3.05) is 11.9 Å². The molecule has 11 heteroatoms. The first kappa shape index (κ1) is 18.2. The number of nitrogens with one attached hydrogen (secondary N) is 1. The normalized spacial score (nSPS) is 15.0. The van der Waals surface area contributed by atoms with Gasteiger partial charge in [0, 0.05) is 5.69 Å². The van der Waals surface area contributed by atoms with Crippen molar-refractivity contribution in [3.05, 3.63) is 59.0 Å².